The minimum Gasteiger partial charge on any atom is -0.311 e. The first-order chi connectivity index (χ1) is 9.05. The van der Waals surface area contributed by atoms with Gasteiger partial charge in [-0.05, 0) is 25.0 Å². The number of hydrogen-bond donors (Lipinski definition) is 0. The molecule has 0 atom stereocenters. The molecule has 6 heteroatoms. The highest BCUT2D eigenvalue weighted by Gasteiger charge is 2.31. The van der Waals surface area contributed by atoms with Crippen molar-refractivity contribution < 1.29 is 13.2 Å². The van der Waals surface area contributed by atoms with Crippen molar-refractivity contribution >= 4 is 0 Å². The van der Waals surface area contributed by atoms with Gasteiger partial charge in [0.2, 0.25) is 0 Å². The largest absolute Gasteiger partial charge is 0.416 e. The minimum atomic E-state index is -4.33. The van der Waals surface area contributed by atoms with E-state index in [1.54, 1.807) is 6.07 Å². The van der Waals surface area contributed by atoms with Gasteiger partial charge in [0.15, 0.2) is 5.82 Å². The van der Waals surface area contributed by atoms with Crippen LogP contribution in [0.1, 0.15) is 24.2 Å². The zero-order valence-electron chi connectivity index (χ0n) is 10.1. The number of rotatable bonds is 1. The van der Waals surface area contributed by atoms with Crippen molar-refractivity contribution in [2.75, 3.05) is 0 Å². The molecule has 3 rings (SSSR count). The summed E-state index contributed by atoms with van der Waals surface area (Å²) in [6.07, 6.45) is -1.43. The lowest BCUT2D eigenvalue weighted by Crippen LogP contribution is -2.11. The van der Waals surface area contributed by atoms with Gasteiger partial charge in [0.1, 0.15) is 5.82 Å². The van der Waals surface area contributed by atoms with Gasteiger partial charge in [-0.3, -0.25) is 0 Å². The number of benzene rings is 1. The number of aryl methyl sites for hydroxylation is 1. The van der Waals surface area contributed by atoms with Crippen molar-refractivity contribution in [1.29, 1.82) is 0 Å². The van der Waals surface area contributed by atoms with Crippen LogP contribution in [0.15, 0.2) is 24.3 Å². The summed E-state index contributed by atoms with van der Waals surface area (Å²) in [4.78, 5) is 0. The summed E-state index contributed by atoms with van der Waals surface area (Å²) in [5.74, 6) is 1.39. The number of hydrogen-bond acceptors (Lipinski definition) is 2. The summed E-state index contributed by atoms with van der Waals surface area (Å²) in [5.41, 5.74) is -0.186. The van der Waals surface area contributed by atoms with E-state index in [4.69, 9.17) is 0 Å². The highest BCUT2D eigenvalue weighted by molar-refractivity contribution is 5.57. The van der Waals surface area contributed by atoms with Crippen LogP contribution in [0, 0.1) is 0 Å². The molecule has 0 saturated heterocycles. The van der Waals surface area contributed by atoms with E-state index in [0.29, 0.717) is 11.4 Å². The molecule has 1 aromatic heterocycles. The molecule has 0 radical (unpaired) electrons. The predicted molar refractivity (Wildman–Crippen MR) is 63.4 cm³/mol. The summed E-state index contributed by atoms with van der Waals surface area (Å²) in [5, 5.41) is 8.09. The van der Waals surface area contributed by atoms with E-state index >= 15 is 0 Å². The van der Waals surface area contributed by atoms with Gasteiger partial charge >= 0.3 is 6.18 Å². The van der Waals surface area contributed by atoms with E-state index in [9.17, 15) is 13.2 Å². The van der Waals surface area contributed by atoms with Crippen molar-refractivity contribution in [3.05, 3.63) is 35.7 Å². The SMILES string of the molecule is FC(F)(F)c1cccc(-c2nnc3n2CCCC3)c1. The lowest BCUT2D eigenvalue weighted by molar-refractivity contribution is -0.137. The van der Waals surface area contributed by atoms with Crippen molar-refractivity contribution in [2.24, 2.45) is 0 Å². The lowest BCUT2D eigenvalue weighted by atomic mass is 10.1. The molecule has 1 aromatic carbocycles. The monoisotopic (exact) mass is 267 g/mol. The van der Waals surface area contributed by atoms with E-state index in [2.05, 4.69) is 10.2 Å². The standard InChI is InChI=1S/C13H12F3N3/c14-13(15,16)10-5-3-4-9(8-10)12-18-17-11-6-1-2-7-19(11)12/h3-5,8H,1-2,6-7H2. The van der Waals surface area contributed by atoms with Gasteiger partial charge in [0.25, 0.3) is 0 Å². The Morgan fingerprint density at radius 1 is 1.11 bits per heavy atom. The van der Waals surface area contributed by atoms with Gasteiger partial charge in [-0.15, -0.1) is 10.2 Å². The second-order valence-corrected chi connectivity index (χ2v) is 4.63. The van der Waals surface area contributed by atoms with Crippen LogP contribution in [-0.2, 0) is 19.1 Å². The third kappa shape index (κ3) is 2.22. The van der Waals surface area contributed by atoms with Gasteiger partial charge in [0, 0.05) is 18.5 Å². The Balaban J connectivity index is 2.05. The third-order valence-electron chi connectivity index (χ3n) is 3.31. The molecule has 2 heterocycles. The molecule has 19 heavy (non-hydrogen) atoms. The van der Waals surface area contributed by atoms with E-state index < -0.39 is 11.7 Å². The molecule has 0 bridgehead atoms. The Kier molecular flexibility index (Phi) is 2.80. The Hall–Kier alpha value is -1.85. The summed E-state index contributed by atoms with van der Waals surface area (Å²) in [7, 11) is 0. The molecular formula is C13H12F3N3. The van der Waals surface area contributed by atoms with Crippen LogP contribution in [0.5, 0.6) is 0 Å². The van der Waals surface area contributed by atoms with Crippen LogP contribution < -0.4 is 0 Å². The fraction of sp³-hybridized carbons (Fsp3) is 0.385. The summed E-state index contributed by atoms with van der Waals surface area (Å²) in [6, 6.07) is 5.24. The van der Waals surface area contributed by atoms with Crippen LogP contribution in [0.25, 0.3) is 11.4 Å². The van der Waals surface area contributed by atoms with E-state index in [-0.39, 0.29) is 0 Å². The smallest absolute Gasteiger partial charge is 0.311 e. The van der Waals surface area contributed by atoms with Gasteiger partial charge in [-0.25, -0.2) is 0 Å². The summed E-state index contributed by atoms with van der Waals surface area (Å²) in [6.45, 7) is 0.772. The van der Waals surface area contributed by atoms with Crippen LogP contribution in [-0.4, -0.2) is 14.8 Å². The Bertz CT molecular complexity index is 601. The maximum Gasteiger partial charge on any atom is 0.416 e. The Labute approximate surface area is 108 Å². The lowest BCUT2D eigenvalue weighted by Gasteiger charge is -2.15. The minimum absolute atomic E-state index is 0.468. The first-order valence-electron chi connectivity index (χ1n) is 6.15. The van der Waals surface area contributed by atoms with Gasteiger partial charge in [0.05, 0.1) is 5.56 Å². The zero-order chi connectivity index (χ0) is 13.5. The third-order valence-corrected chi connectivity index (χ3v) is 3.31. The van der Waals surface area contributed by atoms with Gasteiger partial charge < -0.3 is 4.57 Å². The van der Waals surface area contributed by atoms with Crippen LogP contribution in [0.4, 0.5) is 13.2 Å². The second kappa shape index (κ2) is 4.36. The number of nitrogens with zero attached hydrogens (tertiary/aromatic N) is 3. The fourth-order valence-electron chi connectivity index (χ4n) is 2.36. The normalized spacial score (nSPS) is 15.3. The molecule has 2 aromatic rings. The van der Waals surface area contributed by atoms with Crippen molar-refractivity contribution in [3.63, 3.8) is 0 Å². The predicted octanol–water partition coefficient (Wildman–Crippen LogP) is 3.30. The molecular weight excluding hydrogens is 255 g/mol. The second-order valence-electron chi connectivity index (χ2n) is 4.63. The first-order valence-corrected chi connectivity index (χ1v) is 6.15. The van der Waals surface area contributed by atoms with E-state index in [1.165, 1.54) is 6.07 Å². The van der Waals surface area contributed by atoms with Crippen molar-refractivity contribution in [3.8, 4) is 11.4 Å². The van der Waals surface area contributed by atoms with Crippen LogP contribution in [0.2, 0.25) is 0 Å². The highest BCUT2D eigenvalue weighted by Crippen LogP contribution is 2.32. The van der Waals surface area contributed by atoms with Gasteiger partial charge in [-0.1, -0.05) is 12.1 Å². The average Bonchev–Trinajstić information content (AvgIpc) is 2.82. The molecule has 0 saturated carbocycles. The Morgan fingerprint density at radius 2 is 1.95 bits per heavy atom. The highest BCUT2D eigenvalue weighted by atomic mass is 19.4. The topological polar surface area (TPSA) is 30.7 Å². The van der Waals surface area contributed by atoms with Crippen LogP contribution in [0.3, 0.4) is 0 Å². The van der Waals surface area contributed by atoms with Crippen molar-refractivity contribution in [1.82, 2.24) is 14.8 Å². The molecule has 3 nitrogen and oxygen atoms in total. The quantitative estimate of drug-likeness (QED) is 0.793. The van der Waals surface area contributed by atoms with Crippen molar-refractivity contribution in [2.45, 2.75) is 32.0 Å². The number of halogens is 3. The fourth-order valence-corrected chi connectivity index (χ4v) is 2.36. The molecule has 0 amide bonds. The molecule has 0 N–H and O–H groups in total. The van der Waals surface area contributed by atoms with Gasteiger partial charge in [-0.2, -0.15) is 13.2 Å². The number of aromatic nitrogens is 3. The average molecular weight is 267 g/mol. The zero-order valence-corrected chi connectivity index (χ0v) is 10.1. The molecule has 100 valence electrons. The molecule has 1 aliphatic rings. The molecule has 0 spiro atoms. The summed E-state index contributed by atoms with van der Waals surface area (Å²) < 4.78 is 40.0. The first kappa shape index (κ1) is 12.2. The number of alkyl halides is 3. The summed E-state index contributed by atoms with van der Waals surface area (Å²) >= 11 is 0. The molecule has 0 unspecified atom stereocenters. The number of fused-ring (bicyclic) bond motifs is 1. The molecule has 0 fully saturated rings. The van der Waals surface area contributed by atoms with E-state index in [0.717, 1.165) is 43.8 Å². The molecule has 1 aliphatic heterocycles. The van der Waals surface area contributed by atoms with E-state index in [1.807, 2.05) is 4.57 Å². The molecule has 0 aliphatic carbocycles. The maximum atomic E-state index is 12.7. The van der Waals surface area contributed by atoms with Crippen LogP contribution >= 0.6 is 0 Å². The Morgan fingerprint density at radius 3 is 2.74 bits per heavy atom. The maximum absolute atomic E-state index is 12.7.